The van der Waals surface area contributed by atoms with Crippen LogP contribution in [0.5, 0.6) is 0 Å². The Kier molecular flexibility index (Phi) is 8.02. The van der Waals surface area contributed by atoms with Crippen molar-refractivity contribution in [1.29, 1.82) is 0 Å². The van der Waals surface area contributed by atoms with Crippen molar-refractivity contribution in [3.63, 3.8) is 0 Å². The van der Waals surface area contributed by atoms with Crippen molar-refractivity contribution in [3.05, 3.63) is 54.6 Å². The molecule has 1 spiro atoms. The predicted octanol–water partition coefficient (Wildman–Crippen LogP) is 1.78. The fourth-order valence-electron chi connectivity index (χ4n) is 7.33. The van der Waals surface area contributed by atoms with E-state index >= 15 is 0 Å². The van der Waals surface area contributed by atoms with Gasteiger partial charge in [-0.25, -0.2) is 0 Å². The third-order valence-corrected chi connectivity index (χ3v) is 11.1. The van der Waals surface area contributed by atoms with Crippen LogP contribution in [0.15, 0.2) is 54.6 Å². The SMILES string of the molecule is C[C@@]12C=CCN(c3ccccc3)C(=O)[C@@H]1[C@H]1C(=O)N(CCCCO)C3C(=O)N(CCN4CCOCC4)CC=C[C@@]31S2. The van der Waals surface area contributed by atoms with E-state index < -0.39 is 27.4 Å². The van der Waals surface area contributed by atoms with Gasteiger partial charge in [0, 0.05) is 62.9 Å². The molecule has 0 saturated carbocycles. The Labute approximate surface area is 246 Å². The molecule has 5 aliphatic heterocycles. The van der Waals surface area contributed by atoms with Crippen molar-refractivity contribution in [2.45, 2.75) is 35.3 Å². The second kappa shape index (κ2) is 11.6. The zero-order valence-corrected chi connectivity index (χ0v) is 24.5. The summed E-state index contributed by atoms with van der Waals surface area (Å²) < 4.78 is 4.00. The summed E-state index contributed by atoms with van der Waals surface area (Å²) in [4.78, 5) is 51.0. The molecule has 0 radical (unpaired) electrons. The monoisotopic (exact) mass is 580 g/mol. The van der Waals surface area contributed by atoms with Gasteiger partial charge in [0.2, 0.25) is 17.7 Å². The molecular weight excluding hydrogens is 540 g/mol. The highest BCUT2D eigenvalue weighted by molar-refractivity contribution is 8.02. The fourth-order valence-corrected chi connectivity index (χ4v) is 9.49. The molecule has 1 aromatic rings. The number of likely N-dealkylation sites (tertiary alicyclic amines) is 1. The van der Waals surface area contributed by atoms with Crippen LogP contribution in [-0.4, -0.2) is 119 Å². The smallest absolute Gasteiger partial charge is 0.247 e. The molecule has 3 amide bonds. The number of amides is 3. The fraction of sp³-hybridized carbons (Fsp3) is 0.581. The number of carbonyl (C=O) groups is 3. The Morgan fingerprint density at radius 3 is 2.41 bits per heavy atom. The summed E-state index contributed by atoms with van der Waals surface area (Å²) in [6, 6.07) is 8.91. The molecule has 0 bridgehead atoms. The lowest BCUT2D eigenvalue weighted by atomic mass is 9.74. The van der Waals surface area contributed by atoms with E-state index in [1.165, 1.54) is 0 Å². The minimum absolute atomic E-state index is 0.0333. The number of para-hydroxylation sites is 1. The van der Waals surface area contributed by atoms with Crippen molar-refractivity contribution in [1.82, 2.24) is 14.7 Å². The predicted molar refractivity (Wildman–Crippen MR) is 158 cm³/mol. The number of benzene rings is 1. The molecule has 5 aliphatic rings. The Morgan fingerprint density at radius 1 is 0.902 bits per heavy atom. The van der Waals surface area contributed by atoms with E-state index in [0.717, 1.165) is 25.3 Å². The molecule has 0 aliphatic carbocycles. The lowest BCUT2D eigenvalue weighted by Gasteiger charge is -2.37. The number of morpholine rings is 1. The summed E-state index contributed by atoms with van der Waals surface area (Å²) >= 11 is 1.62. The standard InChI is InChI=1S/C31H40N4O5S/c1-30-11-7-15-34(23-9-3-2-4-10-23)27(37)24(30)25-28(38)35(14-5-6-20-36)26-29(39)33(13-8-12-31(25,26)41-30)17-16-32-18-21-40-22-19-32/h2-4,7-12,24-26,36H,5-6,13-22H2,1H3/t24-,25-,26?,30+,31-/m0/s1. The molecule has 3 saturated heterocycles. The summed E-state index contributed by atoms with van der Waals surface area (Å²) in [7, 11) is 0. The van der Waals surface area contributed by atoms with E-state index in [-0.39, 0.29) is 24.3 Å². The number of hydrogen-bond acceptors (Lipinski definition) is 7. The molecule has 5 heterocycles. The number of thioether (sulfide) groups is 1. The summed E-state index contributed by atoms with van der Waals surface area (Å²) in [5.74, 6) is -1.51. The Bertz CT molecular complexity index is 1220. The Hall–Kier alpha value is -2.66. The van der Waals surface area contributed by atoms with Crippen molar-refractivity contribution in [2.24, 2.45) is 11.8 Å². The van der Waals surface area contributed by atoms with Crippen LogP contribution in [0.4, 0.5) is 5.69 Å². The largest absolute Gasteiger partial charge is 0.396 e. The van der Waals surface area contributed by atoms with Crippen LogP contribution in [0.3, 0.4) is 0 Å². The van der Waals surface area contributed by atoms with Gasteiger partial charge in [0.05, 0.1) is 29.8 Å². The van der Waals surface area contributed by atoms with Crippen molar-refractivity contribution in [3.8, 4) is 0 Å². The number of unbranched alkanes of at least 4 members (excludes halogenated alkanes) is 1. The van der Waals surface area contributed by atoms with Gasteiger partial charge in [0.1, 0.15) is 6.04 Å². The van der Waals surface area contributed by atoms with Crippen molar-refractivity contribution >= 4 is 35.2 Å². The maximum atomic E-state index is 14.4. The maximum absolute atomic E-state index is 14.4. The van der Waals surface area contributed by atoms with Gasteiger partial charge in [-0.3, -0.25) is 19.3 Å². The topological polar surface area (TPSA) is 93.6 Å². The van der Waals surface area contributed by atoms with Gasteiger partial charge in [0.25, 0.3) is 0 Å². The van der Waals surface area contributed by atoms with Crippen LogP contribution in [0.1, 0.15) is 19.8 Å². The quantitative estimate of drug-likeness (QED) is 0.370. The molecule has 220 valence electrons. The van der Waals surface area contributed by atoms with Gasteiger partial charge >= 0.3 is 0 Å². The van der Waals surface area contributed by atoms with Crippen LogP contribution >= 0.6 is 11.8 Å². The lowest BCUT2D eigenvalue weighted by molar-refractivity contribution is -0.143. The Morgan fingerprint density at radius 2 is 1.66 bits per heavy atom. The second-order valence-corrected chi connectivity index (χ2v) is 13.6. The van der Waals surface area contributed by atoms with Gasteiger partial charge in [0.15, 0.2) is 0 Å². The normalized spacial score (nSPS) is 33.6. The summed E-state index contributed by atoms with van der Waals surface area (Å²) in [6.07, 6.45) is 9.40. The first-order valence-electron chi connectivity index (χ1n) is 14.8. The van der Waals surface area contributed by atoms with E-state index in [9.17, 15) is 19.5 Å². The number of aliphatic hydroxyl groups excluding tert-OH is 1. The molecular formula is C31H40N4O5S. The third kappa shape index (κ3) is 4.92. The molecule has 1 aromatic carbocycles. The number of carbonyl (C=O) groups excluding carboxylic acids is 3. The molecule has 5 atom stereocenters. The number of ether oxygens (including phenoxy) is 1. The molecule has 3 fully saturated rings. The lowest BCUT2D eigenvalue weighted by Crippen LogP contribution is -2.54. The van der Waals surface area contributed by atoms with Gasteiger partial charge in [-0.2, -0.15) is 0 Å². The maximum Gasteiger partial charge on any atom is 0.247 e. The van der Waals surface area contributed by atoms with Crippen LogP contribution in [0, 0.1) is 11.8 Å². The highest BCUT2D eigenvalue weighted by atomic mass is 32.2. The van der Waals surface area contributed by atoms with Gasteiger partial charge in [-0.05, 0) is 31.9 Å². The average molecular weight is 581 g/mol. The first-order valence-corrected chi connectivity index (χ1v) is 15.6. The zero-order chi connectivity index (χ0) is 28.6. The summed E-state index contributed by atoms with van der Waals surface area (Å²) in [6.45, 7) is 7.82. The number of aliphatic hydroxyl groups is 1. The minimum Gasteiger partial charge on any atom is -0.396 e. The molecule has 0 aromatic heterocycles. The molecule has 1 unspecified atom stereocenters. The molecule has 41 heavy (non-hydrogen) atoms. The van der Waals surface area contributed by atoms with Crippen LogP contribution < -0.4 is 4.90 Å². The van der Waals surface area contributed by atoms with Gasteiger partial charge in [-0.1, -0.05) is 42.5 Å². The van der Waals surface area contributed by atoms with Crippen LogP contribution in [0.25, 0.3) is 0 Å². The van der Waals surface area contributed by atoms with E-state index in [4.69, 9.17) is 4.74 Å². The number of rotatable bonds is 8. The summed E-state index contributed by atoms with van der Waals surface area (Å²) in [5, 5.41) is 9.46. The molecule has 10 heteroatoms. The van der Waals surface area contributed by atoms with Crippen LogP contribution in [0.2, 0.25) is 0 Å². The molecule has 9 nitrogen and oxygen atoms in total. The number of fused-ring (bicyclic) bond motifs is 2. The van der Waals surface area contributed by atoms with E-state index in [1.807, 2.05) is 47.4 Å². The highest BCUT2D eigenvalue weighted by Gasteiger charge is 2.73. The minimum atomic E-state index is -0.847. The van der Waals surface area contributed by atoms with Gasteiger partial charge in [-0.15, -0.1) is 11.8 Å². The first kappa shape index (κ1) is 28.5. The second-order valence-electron chi connectivity index (χ2n) is 11.8. The number of anilines is 1. The third-order valence-electron chi connectivity index (χ3n) is 9.31. The van der Waals surface area contributed by atoms with Crippen molar-refractivity contribution < 1.29 is 24.2 Å². The zero-order valence-electron chi connectivity index (χ0n) is 23.7. The molecule has 6 rings (SSSR count). The van der Waals surface area contributed by atoms with Crippen molar-refractivity contribution in [2.75, 3.05) is 70.5 Å². The van der Waals surface area contributed by atoms with Crippen LogP contribution in [-0.2, 0) is 19.1 Å². The van der Waals surface area contributed by atoms with E-state index in [1.54, 1.807) is 21.6 Å². The summed E-state index contributed by atoms with van der Waals surface area (Å²) in [5.41, 5.74) is 0.806. The van der Waals surface area contributed by atoms with E-state index in [0.29, 0.717) is 52.2 Å². The first-order chi connectivity index (χ1) is 19.9. The molecule has 1 N–H and O–H groups in total. The average Bonchev–Trinajstić information content (AvgIpc) is 3.24. The number of hydrogen-bond donors (Lipinski definition) is 1. The Balaban J connectivity index is 1.35. The number of nitrogens with zero attached hydrogens (tertiary/aromatic N) is 4. The van der Waals surface area contributed by atoms with E-state index in [2.05, 4.69) is 24.0 Å². The van der Waals surface area contributed by atoms with Gasteiger partial charge < -0.3 is 24.5 Å². The highest BCUT2D eigenvalue weighted by Crippen LogP contribution is 2.65.